The number of carbonyl (C=O) groups is 2. The van der Waals surface area contributed by atoms with Crippen LogP contribution >= 0.6 is 0 Å². The fourth-order valence-electron chi connectivity index (χ4n) is 4.29. The lowest BCUT2D eigenvalue weighted by Gasteiger charge is -2.17. The van der Waals surface area contributed by atoms with Gasteiger partial charge in [-0.2, -0.15) is 0 Å². The maximum atomic E-state index is 12.9. The lowest BCUT2D eigenvalue weighted by Crippen LogP contribution is -2.23. The number of nitrogens with one attached hydrogen (secondary N) is 1. The Kier molecular flexibility index (Phi) is 5.92. The second-order valence-electron chi connectivity index (χ2n) is 8.41. The fraction of sp³-hybridized carbons (Fsp3) is 0.0333. The molecule has 0 bridgehead atoms. The topological polar surface area (TPSA) is 117 Å². The number of terminal acetylenes is 1. The van der Waals surface area contributed by atoms with Crippen molar-refractivity contribution in [3.8, 4) is 40.5 Å². The summed E-state index contributed by atoms with van der Waals surface area (Å²) in [6, 6.07) is 20.3. The first-order chi connectivity index (χ1) is 17.8. The van der Waals surface area contributed by atoms with Gasteiger partial charge in [0.05, 0.1) is 5.56 Å². The van der Waals surface area contributed by atoms with Gasteiger partial charge in [-0.1, -0.05) is 24.1 Å². The van der Waals surface area contributed by atoms with Crippen LogP contribution in [-0.2, 0) is 6.54 Å². The van der Waals surface area contributed by atoms with Gasteiger partial charge in [-0.3, -0.25) is 9.59 Å². The van der Waals surface area contributed by atoms with Crippen LogP contribution in [0, 0.1) is 12.3 Å². The quantitative estimate of drug-likeness (QED) is 0.239. The van der Waals surface area contributed by atoms with Crippen molar-refractivity contribution in [2.75, 3.05) is 0 Å². The molecule has 3 aromatic carbocycles. The summed E-state index contributed by atoms with van der Waals surface area (Å²) in [5.41, 5.74) is 2.93. The molecule has 0 aromatic heterocycles. The smallest absolute Gasteiger partial charge is 0.336 e. The van der Waals surface area contributed by atoms with Crippen molar-refractivity contribution < 1.29 is 24.2 Å². The molecule has 7 nitrogen and oxygen atoms in total. The van der Waals surface area contributed by atoms with Crippen LogP contribution in [0.5, 0.6) is 5.75 Å². The van der Waals surface area contributed by atoms with Gasteiger partial charge < -0.3 is 19.9 Å². The zero-order valence-corrected chi connectivity index (χ0v) is 19.3. The van der Waals surface area contributed by atoms with Crippen molar-refractivity contribution in [1.82, 2.24) is 5.32 Å². The van der Waals surface area contributed by atoms with E-state index in [1.54, 1.807) is 42.5 Å². The molecule has 37 heavy (non-hydrogen) atoms. The van der Waals surface area contributed by atoms with Crippen LogP contribution in [-0.4, -0.2) is 22.1 Å². The van der Waals surface area contributed by atoms with Crippen LogP contribution in [0.15, 0.2) is 88.1 Å². The van der Waals surface area contributed by atoms with Crippen LogP contribution < -0.4 is 10.7 Å². The monoisotopic (exact) mass is 489 g/mol. The predicted molar refractivity (Wildman–Crippen MR) is 139 cm³/mol. The summed E-state index contributed by atoms with van der Waals surface area (Å²) in [7, 11) is 0. The Balaban J connectivity index is 1.60. The second-order valence-corrected chi connectivity index (χ2v) is 8.41. The normalized spacial score (nSPS) is 10.8. The highest BCUT2D eigenvalue weighted by Gasteiger charge is 2.23. The number of rotatable bonds is 5. The Bertz CT molecular complexity index is 1780. The number of amides is 1. The Hall–Kier alpha value is -5.35. The van der Waals surface area contributed by atoms with E-state index >= 15 is 0 Å². The number of benzene rings is 4. The van der Waals surface area contributed by atoms with Gasteiger partial charge in [0, 0.05) is 46.3 Å². The number of fused-ring (bicyclic) bond motifs is 2. The van der Waals surface area contributed by atoms with Gasteiger partial charge in [-0.05, 0) is 59.7 Å². The average molecular weight is 489 g/mol. The highest BCUT2D eigenvalue weighted by Crippen LogP contribution is 2.42. The number of phenolic OH excluding ortho intramolecular Hbond substituents is 1. The summed E-state index contributed by atoms with van der Waals surface area (Å²) in [6.45, 7) is 0.217. The molecule has 1 aliphatic heterocycles. The lowest BCUT2D eigenvalue weighted by atomic mass is 9.90. The highest BCUT2D eigenvalue weighted by molar-refractivity contribution is 6.09. The predicted octanol–water partition coefficient (Wildman–Crippen LogP) is 4.88. The molecule has 0 atom stereocenters. The molecule has 0 saturated carbocycles. The molecule has 1 heterocycles. The summed E-state index contributed by atoms with van der Waals surface area (Å²) < 4.78 is 5.84. The first kappa shape index (κ1) is 23.4. The number of hydrogen-bond acceptors (Lipinski definition) is 5. The largest absolute Gasteiger partial charge is 0.508 e. The van der Waals surface area contributed by atoms with E-state index < -0.39 is 11.9 Å². The van der Waals surface area contributed by atoms with Crippen molar-refractivity contribution in [1.29, 1.82) is 0 Å². The van der Waals surface area contributed by atoms with Crippen LogP contribution in [0.2, 0.25) is 0 Å². The highest BCUT2D eigenvalue weighted by atomic mass is 16.4. The maximum absolute atomic E-state index is 12.9. The summed E-state index contributed by atoms with van der Waals surface area (Å²) in [5.74, 6) is 1.07. The molecule has 1 amide bonds. The number of carboxylic acid groups (broad SMARTS) is 1. The van der Waals surface area contributed by atoms with Crippen molar-refractivity contribution in [2.24, 2.45) is 0 Å². The van der Waals surface area contributed by atoms with Gasteiger partial charge in [0.1, 0.15) is 17.1 Å². The van der Waals surface area contributed by atoms with Crippen LogP contribution in [0.4, 0.5) is 0 Å². The third-order valence-electron chi connectivity index (χ3n) is 6.01. The van der Waals surface area contributed by atoms with Gasteiger partial charge >= 0.3 is 5.97 Å². The van der Waals surface area contributed by atoms with Crippen molar-refractivity contribution >= 4 is 22.8 Å². The van der Waals surface area contributed by atoms with E-state index in [1.807, 2.05) is 6.07 Å². The van der Waals surface area contributed by atoms with E-state index in [2.05, 4.69) is 11.2 Å². The minimum absolute atomic E-state index is 0.0434. The van der Waals surface area contributed by atoms with Crippen molar-refractivity contribution in [3.63, 3.8) is 0 Å². The molecule has 3 N–H and O–H groups in total. The lowest BCUT2D eigenvalue weighted by molar-refractivity contribution is 0.0697. The SMILES string of the molecule is C#Cc1cccc(CNC(=O)c2ccc(-c3c4ccc(=O)cc-4oc4cc(O)ccc34)c(C(=O)O)c2)c1. The Labute approximate surface area is 211 Å². The minimum Gasteiger partial charge on any atom is -0.508 e. The Morgan fingerprint density at radius 3 is 2.54 bits per heavy atom. The third kappa shape index (κ3) is 4.51. The molecular weight excluding hydrogens is 470 g/mol. The van der Waals surface area contributed by atoms with Crippen LogP contribution in [0.1, 0.15) is 31.8 Å². The number of aromatic carboxylic acids is 1. The fourth-order valence-corrected chi connectivity index (χ4v) is 4.29. The zero-order valence-electron chi connectivity index (χ0n) is 19.3. The molecule has 180 valence electrons. The molecule has 0 spiro atoms. The number of carboxylic acids is 1. The second kappa shape index (κ2) is 9.36. The molecule has 0 unspecified atom stereocenters. The number of carbonyl (C=O) groups excluding carboxylic acids is 1. The van der Waals surface area contributed by atoms with Gasteiger partial charge in [0.2, 0.25) is 0 Å². The van der Waals surface area contributed by atoms with E-state index in [4.69, 9.17) is 10.8 Å². The molecule has 0 radical (unpaired) electrons. The van der Waals surface area contributed by atoms with Gasteiger partial charge in [0.25, 0.3) is 5.91 Å². The van der Waals surface area contributed by atoms with Gasteiger partial charge in [-0.15, -0.1) is 6.42 Å². The zero-order chi connectivity index (χ0) is 26.1. The summed E-state index contributed by atoms with van der Waals surface area (Å²) >= 11 is 0. The minimum atomic E-state index is -1.23. The van der Waals surface area contributed by atoms with E-state index in [-0.39, 0.29) is 40.2 Å². The molecule has 1 aliphatic carbocycles. The van der Waals surface area contributed by atoms with Crippen LogP contribution in [0.25, 0.3) is 33.4 Å². The molecule has 0 saturated heterocycles. The van der Waals surface area contributed by atoms with Gasteiger partial charge in [0.15, 0.2) is 5.43 Å². The van der Waals surface area contributed by atoms with Gasteiger partial charge in [-0.25, -0.2) is 4.79 Å². The van der Waals surface area contributed by atoms with Crippen molar-refractivity contribution in [3.05, 3.63) is 111 Å². The third-order valence-corrected chi connectivity index (χ3v) is 6.01. The van der Waals surface area contributed by atoms with E-state index in [0.29, 0.717) is 27.6 Å². The van der Waals surface area contributed by atoms with E-state index in [1.165, 1.54) is 30.3 Å². The summed E-state index contributed by atoms with van der Waals surface area (Å²) in [4.78, 5) is 37.2. The van der Waals surface area contributed by atoms with E-state index in [9.17, 15) is 24.6 Å². The summed E-state index contributed by atoms with van der Waals surface area (Å²) in [6.07, 6.45) is 5.43. The number of phenols is 1. The molecule has 2 aliphatic rings. The van der Waals surface area contributed by atoms with Crippen molar-refractivity contribution in [2.45, 2.75) is 6.54 Å². The molecule has 3 aromatic rings. The maximum Gasteiger partial charge on any atom is 0.336 e. The summed E-state index contributed by atoms with van der Waals surface area (Å²) in [5, 5.41) is 23.3. The number of aromatic hydroxyl groups is 1. The molecule has 7 heteroatoms. The molecule has 5 rings (SSSR count). The Morgan fingerprint density at radius 1 is 0.946 bits per heavy atom. The van der Waals surface area contributed by atoms with E-state index in [0.717, 1.165) is 5.56 Å². The standard InChI is InChI=1S/C30H19NO6/c1-2-17-4-3-5-18(12-17)16-31-29(34)19-6-9-22(25(13-19)30(35)36)28-23-10-7-20(32)14-26(23)37-27-15-21(33)8-11-24(27)28/h1,3-15,32H,16H2,(H,31,34)(H,35,36). The first-order valence-electron chi connectivity index (χ1n) is 11.2. The molecule has 0 fully saturated rings. The molecular formula is C30H19NO6. The average Bonchev–Trinajstić information content (AvgIpc) is 2.90. The Morgan fingerprint density at radius 2 is 1.76 bits per heavy atom. The first-order valence-corrected chi connectivity index (χ1v) is 11.2. The van der Waals surface area contributed by atoms with Crippen LogP contribution in [0.3, 0.4) is 0 Å². The number of hydrogen-bond donors (Lipinski definition) is 3.